The van der Waals surface area contributed by atoms with Crippen LogP contribution in [0.2, 0.25) is 0 Å². The molecule has 0 amide bonds. The summed E-state index contributed by atoms with van der Waals surface area (Å²) in [7, 11) is -4.11. The molecule has 0 spiro atoms. The molecule has 4 nitrogen and oxygen atoms in total. The Labute approximate surface area is 153 Å². The predicted molar refractivity (Wildman–Crippen MR) is 81.6 cm³/mol. The van der Waals surface area contributed by atoms with Gasteiger partial charge in [-0.3, -0.25) is 0 Å². The summed E-state index contributed by atoms with van der Waals surface area (Å²) in [6.07, 6.45) is 9.78. The molecule has 2 unspecified atom stereocenters. The van der Waals surface area contributed by atoms with Crippen molar-refractivity contribution in [2.75, 3.05) is 0 Å². The van der Waals surface area contributed by atoms with Crippen LogP contribution in [-0.2, 0) is 10.1 Å². The van der Waals surface area contributed by atoms with Gasteiger partial charge in [0.05, 0.1) is 16.2 Å². The summed E-state index contributed by atoms with van der Waals surface area (Å²) in [4.78, 5) is 0. The Morgan fingerprint density at radius 1 is 0.905 bits per heavy atom. The van der Waals surface area contributed by atoms with Crippen molar-refractivity contribution in [2.24, 2.45) is 0 Å². The summed E-state index contributed by atoms with van der Waals surface area (Å²) in [6, 6.07) is 0. The van der Waals surface area contributed by atoms with Crippen molar-refractivity contribution >= 4 is 10.1 Å². The third kappa shape index (κ3) is 14.2. The number of aliphatic hydroxyl groups is 1. The Bertz CT molecular complexity index is 320. The fraction of sp³-hybridized carbons (Fsp3) is 1.00. The molecule has 0 aromatic rings. The van der Waals surface area contributed by atoms with Crippen molar-refractivity contribution in [1.29, 1.82) is 0 Å². The molecule has 0 aromatic heterocycles. The summed E-state index contributed by atoms with van der Waals surface area (Å²) in [5.74, 6) is 0. The quantitative estimate of drug-likeness (QED) is 0.305. The molecule has 122 valence electrons. The fourth-order valence-electron chi connectivity index (χ4n) is 2.49. The van der Waals surface area contributed by atoms with E-state index in [-0.39, 0.29) is 35.7 Å². The molecule has 0 saturated carbocycles. The summed E-state index contributed by atoms with van der Waals surface area (Å²) in [5.41, 5.74) is 0. The van der Waals surface area contributed by atoms with Crippen molar-refractivity contribution in [2.45, 2.75) is 95.8 Å². The number of hydrogen-bond donors (Lipinski definition) is 1. The van der Waals surface area contributed by atoms with Crippen LogP contribution in [-0.4, -0.2) is 29.4 Å². The molecule has 0 rings (SSSR count). The van der Waals surface area contributed by atoms with Crippen LogP contribution < -0.4 is 29.6 Å². The van der Waals surface area contributed by atoms with Crippen LogP contribution in [0.5, 0.6) is 0 Å². The molecule has 0 saturated heterocycles. The largest absolute Gasteiger partial charge is 1.00 e. The van der Waals surface area contributed by atoms with E-state index in [4.69, 9.17) is 0 Å². The maximum absolute atomic E-state index is 10.9. The SMILES string of the molecule is CCCC(O)CCCCCCCCC(CC)S(=O)(=O)[O-].[Na+]. The van der Waals surface area contributed by atoms with Gasteiger partial charge in [0.25, 0.3) is 0 Å². The fourth-order valence-corrected chi connectivity index (χ4v) is 3.35. The van der Waals surface area contributed by atoms with E-state index in [1.807, 2.05) is 0 Å². The maximum atomic E-state index is 10.9. The van der Waals surface area contributed by atoms with Crippen molar-refractivity contribution < 1.29 is 47.6 Å². The Kier molecular flexibility index (Phi) is 16.6. The van der Waals surface area contributed by atoms with Gasteiger partial charge >= 0.3 is 29.6 Å². The van der Waals surface area contributed by atoms with Gasteiger partial charge in [-0.2, -0.15) is 0 Å². The van der Waals surface area contributed by atoms with Crippen LogP contribution in [0.3, 0.4) is 0 Å². The zero-order chi connectivity index (χ0) is 15.4. The molecule has 0 aliphatic heterocycles. The number of aliphatic hydroxyl groups excluding tert-OH is 1. The van der Waals surface area contributed by atoms with Gasteiger partial charge in [0.2, 0.25) is 0 Å². The van der Waals surface area contributed by atoms with Gasteiger partial charge in [-0.05, 0) is 25.7 Å². The molecule has 0 aliphatic rings. The second-order valence-electron chi connectivity index (χ2n) is 5.66. The van der Waals surface area contributed by atoms with E-state index in [1.54, 1.807) is 6.92 Å². The first-order valence-corrected chi connectivity index (χ1v) is 9.51. The van der Waals surface area contributed by atoms with Crippen LogP contribution in [0.25, 0.3) is 0 Å². The first-order valence-electron chi connectivity index (χ1n) is 8.04. The average molecular weight is 330 g/mol. The zero-order valence-electron chi connectivity index (χ0n) is 14.0. The third-order valence-electron chi connectivity index (χ3n) is 3.80. The van der Waals surface area contributed by atoms with Crippen LogP contribution >= 0.6 is 0 Å². The van der Waals surface area contributed by atoms with Gasteiger partial charge in [0.15, 0.2) is 0 Å². The summed E-state index contributed by atoms with van der Waals surface area (Å²) < 4.78 is 32.7. The van der Waals surface area contributed by atoms with Crippen LogP contribution in [0.15, 0.2) is 0 Å². The van der Waals surface area contributed by atoms with Crippen LogP contribution in [0.1, 0.15) is 84.5 Å². The number of rotatable bonds is 13. The van der Waals surface area contributed by atoms with E-state index in [1.165, 1.54) is 0 Å². The Morgan fingerprint density at radius 3 is 1.81 bits per heavy atom. The van der Waals surface area contributed by atoms with E-state index in [0.717, 1.165) is 57.8 Å². The third-order valence-corrected chi connectivity index (χ3v) is 5.18. The molecule has 0 bridgehead atoms. The zero-order valence-corrected chi connectivity index (χ0v) is 16.8. The normalized spacial score (nSPS) is 14.5. The van der Waals surface area contributed by atoms with E-state index in [2.05, 4.69) is 6.92 Å². The minimum atomic E-state index is -4.11. The Balaban J connectivity index is 0. The molecule has 0 fully saturated rings. The minimum Gasteiger partial charge on any atom is -0.748 e. The van der Waals surface area contributed by atoms with Gasteiger partial charge in [-0.25, -0.2) is 8.42 Å². The first kappa shape index (κ1) is 24.1. The Morgan fingerprint density at radius 2 is 1.38 bits per heavy atom. The van der Waals surface area contributed by atoms with Gasteiger partial charge in [0, 0.05) is 5.25 Å². The van der Waals surface area contributed by atoms with Gasteiger partial charge in [-0.15, -0.1) is 0 Å². The molecule has 0 heterocycles. The van der Waals surface area contributed by atoms with Crippen molar-refractivity contribution in [3.63, 3.8) is 0 Å². The van der Waals surface area contributed by atoms with Crippen LogP contribution in [0, 0.1) is 0 Å². The van der Waals surface area contributed by atoms with E-state index in [9.17, 15) is 18.1 Å². The molecule has 0 aromatic carbocycles. The molecule has 2 atom stereocenters. The molecule has 0 radical (unpaired) electrons. The van der Waals surface area contributed by atoms with E-state index >= 15 is 0 Å². The average Bonchev–Trinajstić information content (AvgIpc) is 2.35. The molecule has 0 aliphatic carbocycles. The second-order valence-corrected chi connectivity index (χ2v) is 7.32. The van der Waals surface area contributed by atoms with Crippen molar-refractivity contribution in [1.82, 2.24) is 0 Å². The molecule has 1 N–H and O–H groups in total. The Hall–Kier alpha value is 0.870. The van der Waals surface area contributed by atoms with Gasteiger partial charge < -0.3 is 9.66 Å². The van der Waals surface area contributed by atoms with E-state index in [0.29, 0.717) is 12.8 Å². The standard InChI is InChI=1S/C15H32O4S.Na/c1-3-11-14(16)12-9-7-5-6-8-10-13-15(4-2)20(17,18)19;/h14-16H,3-13H2,1-2H3,(H,17,18,19);/q;+1/p-1. The number of hydrogen-bond acceptors (Lipinski definition) is 4. The van der Waals surface area contributed by atoms with Crippen molar-refractivity contribution in [3.8, 4) is 0 Å². The summed E-state index contributed by atoms with van der Waals surface area (Å²) >= 11 is 0. The molecular formula is C15H31NaO4S. The second kappa shape index (κ2) is 14.5. The van der Waals surface area contributed by atoms with Gasteiger partial charge in [0.1, 0.15) is 0 Å². The van der Waals surface area contributed by atoms with E-state index < -0.39 is 15.4 Å². The number of unbranched alkanes of at least 4 members (excludes halogenated alkanes) is 5. The summed E-state index contributed by atoms with van der Waals surface area (Å²) in [5, 5.41) is 8.87. The maximum Gasteiger partial charge on any atom is 1.00 e. The molecular weight excluding hydrogens is 299 g/mol. The predicted octanol–water partition coefficient (Wildman–Crippen LogP) is 0.596. The minimum absolute atomic E-state index is 0. The smallest absolute Gasteiger partial charge is 0.748 e. The molecule has 6 heteroatoms. The van der Waals surface area contributed by atoms with Crippen molar-refractivity contribution in [3.05, 3.63) is 0 Å². The topological polar surface area (TPSA) is 77.4 Å². The van der Waals surface area contributed by atoms with Gasteiger partial charge in [-0.1, -0.05) is 58.8 Å². The molecule has 21 heavy (non-hydrogen) atoms. The monoisotopic (exact) mass is 330 g/mol. The van der Waals surface area contributed by atoms with Crippen LogP contribution in [0.4, 0.5) is 0 Å². The first-order chi connectivity index (χ1) is 9.41. The summed E-state index contributed by atoms with van der Waals surface area (Å²) in [6.45, 7) is 3.83.